The van der Waals surface area contributed by atoms with Crippen molar-refractivity contribution < 1.29 is 9.21 Å². The van der Waals surface area contributed by atoms with Gasteiger partial charge in [-0.1, -0.05) is 32.5 Å². The van der Waals surface area contributed by atoms with Crippen molar-refractivity contribution in [2.24, 2.45) is 11.3 Å². The van der Waals surface area contributed by atoms with Gasteiger partial charge in [0.05, 0.1) is 23.1 Å². The molecule has 1 aliphatic carbocycles. The number of furan rings is 1. The molecule has 1 N–H and O–H groups in total. The molecule has 1 atom stereocenters. The molecular formula is C25H31N5O2S2. The fraction of sp³-hybridized carbons (Fsp3) is 0.520. The van der Waals surface area contributed by atoms with E-state index in [1.165, 1.54) is 16.6 Å². The number of nitrogens with one attached hydrogen (secondary N) is 1. The third kappa shape index (κ3) is 4.80. The second-order valence-corrected chi connectivity index (χ2v) is 12.2. The van der Waals surface area contributed by atoms with Crippen LogP contribution in [0.4, 0.5) is 5.00 Å². The second kappa shape index (κ2) is 9.59. The summed E-state index contributed by atoms with van der Waals surface area (Å²) >= 11 is 2.91. The van der Waals surface area contributed by atoms with Crippen LogP contribution >= 0.6 is 23.1 Å². The molecule has 0 bridgehead atoms. The number of amides is 1. The van der Waals surface area contributed by atoms with Crippen molar-refractivity contribution in [3.8, 4) is 17.5 Å². The number of carbonyl (C=O) groups is 1. The van der Waals surface area contributed by atoms with Crippen molar-refractivity contribution >= 4 is 34.0 Å². The molecule has 3 aromatic rings. The smallest absolute Gasteiger partial charge is 0.235 e. The number of nitrogens with zero attached hydrogens (tertiary/aromatic N) is 4. The predicted octanol–water partition coefficient (Wildman–Crippen LogP) is 6.24. The van der Waals surface area contributed by atoms with Crippen LogP contribution in [0.15, 0.2) is 21.9 Å². The Hall–Kier alpha value is -2.57. The Labute approximate surface area is 209 Å². The highest BCUT2D eigenvalue weighted by atomic mass is 32.2. The summed E-state index contributed by atoms with van der Waals surface area (Å²) < 4.78 is 7.45. The van der Waals surface area contributed by atoms with Crippen LogP contribution < -0.4 is 5.32 Å². The monoisotopic (exact) mass is 497 g/mol. The first kappa shape index (κ1) is 24.6. The minimum absolute atomic E-state index is 0.120. The largest absolute Gasteiger partial charge is 0.469 e. The van der Waals surface area contributed by atoms with E-state index in [1.807, 2.05) is 17.6 Å². The molecule has 1 unspecified atom stereocenters. The van der Waals surface area contributed by atoms with Crippen molar-refractivity contribution in [2.45, 2.75) is 72.0 Å². The lowest BCUT2D eigenvalue weighted by Crippen LogP contribution is -2.26. The van der Waals surface area contributed by atoms with Crippen LogP contribution in [0.3, 0.4) is 0 Å². The highest BCUT2D eigenvalue weighted by molar-refractivity contribution is 7.99. The summed E-state index contributed by atoms with van der Waals surface area (Å²) in [4.78, 5) is 14.1. The maximum Gasteiger partial charge on any atom is 0.235 e. The van der Waals surface area contributed by atoms with Crippen LogP contribution in [0.1, 0.15) is 68.8 Å². The second-order valence-electron chi connectivity index (χ2n) is 10.1. The normalized spacial score (nSPS) is 15.9. The molecule has 0 aliphatic heterocycles. The fourth-order valence-electron chi connectivity index (χ4n) is 4.47. The molecule has 1 aliphatic rings. The molecule has 3 heterocycles. The van der Waals surface area contributed by atoms with Gasteiger partial charge in [0, 0.05) is 10.9 Å². The maximum atomic E-state index is 12.9. The molecule has 1 amide bonds. The summed E-state index contributed by atoms with van der Waals surface area (Å²) in [5.41, 5.74) is 2.88. The average molecular weight is 498 g/mol. The van der Waals surface area contributed by atoms with Gasteiger partial charge in [0.1, 0.15) is 16.8 Å². The van der Waals surface area contributed by atoms with Crippen molar-refractivity contribution in [1.29, 1.82) is 5.26 Å². The first-order valence-electron chi connectivity index (χ1n) is 11.6. The molecule has 0 fully saturated rings. The van der Waals surface area contributed by atoms with Gasteiger partial charge in [0.2, 0.25) is 5.91 Å². The van der Waals surface area contributed by atoms with Crippen molar-refractivity contribution in [3.63, 3.8) is 0 Å². The zero-order valence-electron chi connectivity index (χ0n) is 20.6. The molecule has 34 heavy (non-hydrogen) atoms. The number of aromatic nitrogens is 3. The molecule has 0 spiro atoms. The van der Waals surface area contributed by atoms with Gasteiger partial charge >= 0.3 is 0 Å². The van der Waals surface area contributed by atoms with Crippen LogP contribution in [0.25, 0.3) is 11.4 Å². The van der Waals surface area contributed by atoms with E-state index in [4.69, 9.17) is 4.42 Å². The number of hydrogen-bond donors (Lipinski definition) is 1. The number of fused-ring (bicyclic) bond motifs is 1. The molecule has 4 rings (SSSR count). The Kier molecular flexibility index (Phi) is 6.92. The summed E-state index contributed by atoms with van der Waals surface area (Å²) in [5, 5.41) is 22.8. The Morgan fingerprint density at radius 3 is 2.79 bits per heavy atom. The Morgan fingerprint density at radius 1 is 1.41 bits per heavy atom. The predicted molar refractivity (Wildman–Crippen MR) is 136 cm³/mol. The molecule has 7 nitrogen and oxygen atoms in total. The van der Waals surface area contributed by atoms with Crippen LogP contribution in [-0.4, -0.2) is 26.4 Å². The van der Waals surface area contributed by atoms with Crippen LogP contribution in [0.2, 0.25) is 0 Å². The lowest BCUT2D eigenvalue weighted by Gasteiger charge is -2.33. The zero-order valence-corrected chi connectivity index (χ0v) is 22.2. The summed E-state index contributed by atoms with van der Waals surface area (Å²) in [6.45, 7) is 12.8. The third-order valence-electron chi connectivity index (χ3n) is 6.47. The highest BCUT2D eigenvalue weighted by Crippen LogP contribution is 2.44. The van der Waals surface area contributed by atoms with Crippen molar-refractivity contribution in [3.05, 3.63) is 34.1 Å². The number of thiophene rings is 1. The summed E-state index contributed by atoms with van der Waals surface area (Å²) in [6, 6.07) is 4.34. The molecule has 0 saturated heterocycles. The lowest BCUT2D eigenvalue weighted by atomic mass is 9.72. The fourth-order valence-corrected chi connectivity index (χ4v) is 6.63. The van der Waals surface area contributed by atoms with Gasteiger partial charge in [-0.15, -0.1) is 21.5 Å². The third-order valence-corrected chi connectivity index (χ3v) is 8.58. The minimum atomic E-state index is -0.146. The van der Waals surface area contributed by atoms with Gasteiger partial charge in [-0.2, -0.15) is 5.26 Å². The van der Waals surface area contributed by atoms with Gasteiger partial charge < -0.3 is 9.73 Å². The number of aryl methyl sites for hydroxylation is 1. The molecule has 9 heteroatoms. The molecule has 0 radical (unpaired) electrons. The number of hydrogen-bond acceptors (Lipinski definition) is 7. The zero-order chi connectivity index (χ0) is 24.6. The number of anilines is 1. The van der Waals surface area contributed by atoms with Gasteiger partial charge in [-0.3, -0.25) is 9.36 Å². The summed E-state index contributed by atoms with van der Waals surface area (Å²) in [5.74, 6) is 2.14. The van der Waals surface area contributed by atoms with E-state index in [9.17, 15) is 10.1 Å². The van der Waals surface area contributed by atoms with E-state index in [2.05, 4.69) is 56.2 Å². The van der Waals surface area contributed by atoms with Crippen LogP contribution in [0, 0.1) is 29.6 Å². The number of nitriles is 1. The van der Waals surface area contributed by atoms with Gasteiger partial charge in [0.25, 0.3) is 0 Å². The maximum absolute atomic E-state index is 12.9. The molecule has 3 aromatic heterocycles. The molecular weight excluding hydrogens is 466 g/mol. The topological polar surface area (TPSA) is 96.7 Å². The first-order chi connectivity index (χ1) is 16.1. The van der Waals surface area contributed by atoms with Gasteiger partial charge in [-0.05, 0) is 63.0 Å². The Morgan fingerprint density at radius 2 is 2.18 bits per heavy atom. The molecule has 180 valence electrons. The van der Waals surface area contributed by atoms with Crippen LogP contribution in [0.5, 0.6) is 0 Å². The SMILES string of the molecule is Cc1occc1-c1nnc(SCC(=O)Nc2sc3c(c2C#N)CCC(C(C)(C)C)C3)n1C(C)C. The number of rotatable bonds is 6. The van der Waals surface area contributed by atoms with Crippen molar-refractivity contribution in [1.82, 2.24) is 14.8 Å². The van der Waals surface area contributed by atoms with Gasteiger partial charge in [0.15, 0.2) is 11.0 Å². The molecule has 0 saturated carbocycles. The Bertz CT molecular complexity index is 1240. The standard InChI is InChI=1S/C25H31N5O2S2/c1-14(2)30-22(17-9-10-32-15(17)3)28-29-24(30)33-13-21(31)27-23-19(12-26)18-8-7-16(25(4,5)6)11-20(18)34-23/h9-10,14,16H,7-8,11,13H2,1-6H3,(H,27,31). The number of carbonyl (C=O) groups excluding carboxylic acids is 1. The number of thioether (sulfide) groups is 1. The minimum Gasteiger partial charge on any atom is -0.469 e. The molecule has 0 aromatic carbocycles. The summed E-state index contributed by atoms with van der Waals surface area (Å²) in [6.07, 6.45) is 4.58. The van der Waals surface area contributed by atoms with E-state index < -0.39 is 0 Å². The summed E-state index contributed by atoms with van der Waals surface area (Å²) in [7, 11) is 0. The lowest BCUT2D eigenvalue weighted by molar-refractivity contribution is -0.113. The van der Waals surface area contributed by atoms with Gasteiger partial charge in [-0.25, -0.2) is 0 Å². The van der Waals surface area contributed by atoms with E-state index in [1.54, 1.807) is 17.6 Å². The van der Waals surface area contributed by atoms with Crippen LogP contribution in [-0.2, 0) is 17.6 Å². The Balaban J connectivity index is 1.48. The first-order valence-corrected chi connectivity index (χ1v) is 13.4. The highest BCUT2D eigenvalue weighted by Gasteiger charge is 2.32. The van der Waals surface area contributed by atoms with E-state index in [0.717, 1.165) is 42.0 Å². The van der Waals surface area contributed by atoms with Crippen molar-refractivity contribution in [2.75, 3.05) is 11.1 Å². The average Bonchev–Trinajstić information content (AvgIpc) is 3.46. The van der Waals surface area contributed by atoms with E-state index in [-0.39, 0.29) is 23.1 Å². The van der Waals surface area contributed by atoms with E-state index in [0.29, 0.717) is 21.6 Å². The quantitative estimate of drug-likeness (QED) is 0.405. The van der Waals surface area contributed by atoms with E-state index >= 15 is 0 Å².